The van der Waals surface area contributed by atoms with E-state index in [-0.39, 0.29) is 6.04 Å². The molecule has 3 aromatic carbocycles. The second-order valence-corrected chi connectivity index (χ2v) is 5.25. The molecule has 0 bridgehead atoms. The molecule has 0 aliphatic carbocycles. The molecule has 0 aliphatic rings. The largest absolute Gasteiger partial charge is 0.491 e. The van der Waals surface area contributed by atoms with Crippen molar-refractivity contribution in [3.05, 3.63) is 77.9 Å². The second kappa shape index (κ2) is 5.98. The minimum absolute atomic E-state index is 0.143. The number of benzene rings is 3. The Bertz CT molecular complexity index is 746. The second-order valence-electron chi connectivity index (χ2n) is 5.25. The zero-order chi connectivity index (χ0) is 14.7. The third kappa shape index (κ3) is 2.91. The summed E-state index contributed by atoms with van der Waals surface area (Å²) < 4.78 is 5.88. The predicted octanol–water partition coefficient (Wildman–Crippen LogP) is 4.23. The molecule has 0 aliphatic heterocycles. The molecule has 106 valence electrons. The Balaban J connectivity index is 1.81. The summed E-state index contributed by atoms with van der Waals surface area (Å²) in [7, 11) is 0. The monoisotopic (exact) mass is 277 g/mol. The highest BCUT2D eigenvalue weighted by molar-refractivity contribution is 5.86. The van der Waals surface area contributed by atoms with Crippen LogP contribution in [0.5, 0.6) is 5.75 Å². The Morgan fingerprint density at radius 3 is 2.48 bits per heavy atom. The minimum Gasteiger partial charge on any atom is -0.491 e. The van der Waals surface area contributed by atoms with Crippen LogP contribution in [0.1, 0.15) is 17.2 Å². The average molecular weight is 277 g/mol. The fraction of sp³-hybridized carbons (Fsp3) is 0.158. The highest BCUT2D eigenvalue weighted by Gasteiger charge is 2.11. The van der Waals surface area contributed by atoms with E-state index in [0.29, 0.717) is 6.61 Å². The fourth-order valence-electron chi connectivity index (χ4n) is 2.56. The molecule has 2 heteroatoms. The van der Waals surface area contributed by atoms with Gasteiger partial charge >= 0.3 is 0 Å². The van der Waals surface area contributed by atoms with E-state index in [9.17, 15) is 0 Å². The van der Waals surface area contributed by atoms with Crippen LogP contribution >= 0.6 is 0 Å². The summed E-state index contributed by atoms with van der Waals surface area (Å²) in [6, 6.07) is 22.4. The summed E-state index contributed by atoms with van der Waals surface area (Å²) in [4.78, 5) is 0. The van der Waals surface area contributed by atoms with E-state index in [1.165, 1.54) is 10.8 Å². The van der Waals surface area contributed by atoms with Crippen LogP contribution < -0.4 is 10.5 Å². The standard InChI is InChI=1S/C19H19NO/c1-14-7-2-5-12-19(14)21-13-18(20)17-11-6-9-15-8-3-4-10-16(15)17/h2-12,18H,13,20H2,1H3/t18-/m1/s1. The lowest BCUT2D eigenvalue weighted by molar-refractivity contribution is 0.289. The Kier molecular flexibility index (Phi) is 3.89. The van der Waals surface area contributed by atoms with Crippen LogP contribution in [0.4, 0.5) is 0 Å². The summed E-state index contributed by atoms with van der Waals surface area (Å²) in [6.45, 7) is 2.51. The first-order valence-corrected chi connectivity index (χ1v) is 7.17. The molecular weight excluding hydrogens is 258 g/mol. The normalized spacial score (nSPS) is 12.3. The van der Waals surface area contributed by atoms with Crippen LogP contribution in [0.15, 0.2) is 66.7 Å². The quantitative estimate of drug-likeness (QED) is 0.774. The molecule has 0 saturated heterocycles. The minimum atomic E-state index is -0.143. The molecule has 2 nitrogen and oxygen atoms in total. The molecule has 2 N–H and O–H groups in total. The molecule has 3 aromatic rings. The highest BCUT2D eigenvalue weighted by atomic mass is 16.5. The van der Waals surface area contributed by atoms with Gasteiger partial charge in [-0.25, -0.2) is 0 Å². The lowest BCUT2D eigenvalue weighted by Gasteiger charge is -2.16. The van der Waals surface area contributed by atoms with Crippen LogP contribution in [-0.4, -0.2) is 6.61 Å². The van der Waals surface area contributed by atoms with Gasteiger partial charge in [-0.2, -0.15) is 0 Å². The van der Waals surface area contributed by atoms with Gasteiger partial charge in [-0.15, -0.1) is 0 Å². The molecule has 0 unspecified atom stereocenters. The molecule has 0 radical (unpaired) electrons. The molecule has 21 heavy (non-hydrogen) atoms. The van der Waals surface area contributed by atoms with E-state index >= 15 is 0 Å². The summed E-state index contributed by atoms with van der Waals surface area (Å²) in [5, 5.41) is 2.40. The predicted molar refractivity (Wildman–Crippen MR) is 87.6 cm³/mol. The first kappa shape index (κ1) is 13.7. The van der Waals surface area contributed by atoms with E-state index in [0.717, 1.165) is 16.9 Å². The summed E-state index contributed by atoms with van der Waals surface area (Å²) in [5.74, 6) is 0.896. The molecule has 0 amide bonds. The maximum Gasteiger partial charge on any atom is 0.122 e. The first-order chi connectivity index (χ1) is 10.3. The number of nitrogens with two attached hydrogens (primary N) is 1. The molecule has 0 spiro atoms. The van der Waals surface area contributed by atoms with Crippen molar-refractivity contribution in [2.75, 3.05) is 6.61 Å². The number of aryl methyl sites for hydroxylation is 1. The van der Waals surface area contributed by atoms with Gasteiger partial charge in [0, 0.05) is 0 Å². The van der Waals surface area contributed by atoms with Crippen molar-refractivity contribution in [1.29, 1.82) is 0 Å². The van der Waals surface area contributed by atoms with Crippen LogP contribution in [-0.2, 0) is 0 Å². The number of hydrogen-bond acceptors (Lipinski definition) is 2. The van der Waals surface area contributed by atoms with Gasteiger partial charge < -0.3 is 10.5 Å². The Morgan fingerprint density at radius 1 is 0.905 bits per heavy atom. The van der Waals surface area contributed by atoms with E-state index in [2.05, 4.69) is 24.3 Å². The van der Waals surface area contributed by atoms with Crippen LogP contribution in [0, 0.1) is 6.92 Å². The van der Waals surface area contributed by atoms with Crippen molar-refractivity contribution in [3.63, 3.8) is 0 Å². The number of ether oxygens (including phenoxy) is 1. The topological polar surface area (TPSA) is 35.2 Å². The van der Waals surface area contributed by atoms with Crippen molar-refractivity contribution >= 4 is 10.8 Å². The Labute approximate surface area is 125 Å². The van der Waals surface area contributed by atoms with Crippen molar-refractivity contribution in [1.82, 2.24) is 0 Å². The maximum absolute atomic E-state index is 6.33. The van der Waals surface area contributed by atoms with Gasteiger partial charge in [0.25, 0.3) is 0 Å². The van der Waals surface area contributed by atoms with E-state index in [1.54, 1.807) is 0 Å². The molecule has 3 rings (SSSR count). The van der Waals surface area contributed by atoms with Crippen LogP contribution in [0.3, 0.4) is 0 Å². The maximum atomic E-state index is 6.33. The Morgan fingerprint density at radius 2 is 1.62 bits per heavy atom. The number of rotatable bonds is 4. The lowest BCUT2D eigenvalue weighted by atomic mass is 10.00. The van der Waals surface area contributed by atoms with Crippen LogP contribution in [0.25, 0.3) is 10.8 Å². The first-order valence-electron chi connectivity index (χ1n) is 7.17. The van der Waals surface area contributed by atoms with Gasteiger partial charge in [0.15, 0.2) is 0 Å². The summed E-state index contributed by atoms with van der Waals surface area (Å²) in [6.07, 6.45) is 0. The van der Waals surface area contributed by atoms with Crippen molar-refractivity contribution in [3.8, 4) is 5.75 Å². The van der Waals surface area contributed by atoms with Crippen molar-refractivity contribution < 1.29 is 4.74 Å². The smallest absolute Gasteiger partial charge is 0.122 e. The van der Waals surface area contributed by atoms with Gasteiger partial charge in [0.1, 0.15) is 12.4 Å². The summed E-state index contributed by atoms with van der Waals surface area (Å²) >= 11 is 0. The average Bonchev–Trinajstić information content (AvgIpc) is 2.53. The SMILES string of the molecule is Cc1ccccc1OC[C@@H](N)c1cccc2ccccc12. The summed E-state index contributed by atoms with van der Waals surface area (Å²) in [5.41, 5.74) is 8.59. The molecule has 0 heterocycles. The highest BCUT2D eigenvalue weighted by Crippen LogP contribution is 2.24. The van der Waals surface area contributed by atoms with Gasteiger partial charge in [-0.3, -0.25) is 0 Å². The van der Waals surface area contributed by atoms with Crippen molar-refractivity contribution in [2.24, 2.45) is 5.73 Å². The fourth-order valence-corrected chi connectivity index (χ4v) is 2.56. The zero-order valence-electron chi connectivity index (χ0n) is 12.1. The Hall–Kier alpha value is -2.32. The van der Waals surface area contributed by atoms with Gasteiger partial charge in [0.2, 0.25) is 0 Å². The molecule has 0 aromatic heterocycles. The van der Waals surface area contributed by atoms with E-state index in [4.69, 9.17) is 10.5 Å². The van der Waals surface area contributed by atoms with Gasteiger partial charge in [-0.05, 0) is 34.9 Å². The third-order valence-electron chi connectivity index (χ3n) is 3.73. The van der Waals surface area contributed by atoms with Crippen LogP contribution in [0.2, 0.25) is 0 Å². The van der Waals surface area contributed by atoms with E-state index in [1.807, 2.05) is 49.4 Å². The molecule has 0 saturated carbocycles. The molecule has 0 fully saturated rings. The zero-order valence-corrected chi connectivity index (χ0v) is 12.1. The van der Waals surface area contributed by atoms with Gasteiger partial charge in [-0.1, -0.05) is 60.7 Å². The third-order valence-corrected chi connectivity index (χ3v) is 3.73. The molecular formula is C19H19NO. The van der Waals surface area contributed by atoms with Crippen molar-refractivity contribution in [2.45, 2.75) is 13.0 Å². The van der Waals surface area contributed by atoms with E-state index < -0.39 is 0 Å². The molecule has 1 atom stereocenters. The lowest BCUT2D eigenvalue weighted by Crippen LogP contribution is -2.19. The number of para-hydroxylation sites is 1. The number of fused-ring (bicyclic) bond motifs is 1. The number of hydrogen-bond donors (Lipinski definition) is 1. The van der Waals surface area contributed by atoms with Gasteiger partial charge in [0.05, 0.1) is 6.04 Å².